The topological polar surface area (TPSA) is 0 Å². The fraction of sp³-hybridized carbons (Fsp3) is 0.750. The summed E-state index contributed by atoms with van der Waals surface area (Å²) in [5, 5.41) is 0. The Balaban J connectivity index is 0. The quantitative estimate of drug-likeness (QED) is 0.551. The predicted molar refractivity (Wildman–Crippen MR) is 77.8 cm³/mol. The molecule has 0 spiro atoms. The molecule has 0 aliphatic heterocycles. The second-order valence-electron chi connectivity index (χ2n) is 3.78. The van der Waals surface area contributed by atoms with E-state index in [1.165, 1.54) is 24.8 Å². The maximum absolute atomic E-state index is 2.40. The molecule has 0 N–H and O–H groups in total. The SMILES string of the molecule is CC.CC.CCC1=CCC(C(C)CC)C=C1. The van der Waals surface area contributed by atoms with Gasteiger partial charge in [0.25, 0.3) is 0 Å². The highest BCUT2D eigenvalue weighted by Crippen LogP contribution is 2.26. The summed E-state index contributed by atoms with van der Waals surface area (Å²) in [6.45, 7) is 14.8. The number of hydrogen-bond acceptors (Lipinski definition) is 0. The van der Waals surface area contributed by atoms with E-state index in [9.17, 15) is 0 Å². The van der Waals surface area contributed by atoms with Crippen molar-refractivity contribution in [1.82, 2.24) is 0 Å². The van der Waals surface area contributed by atoms with E-state index in [0.29, 0.717) is 0 Å². The molecular weight excluding hydrogens is 192 g/mol. The fourth-order valence-corrected chi connectivity index (χ4v) is 1.67. The summed E-state index contributed by atoms with van der Waals surface area (Å²) >= 11 is 0. The second kappa shape index (κ2) is 12.5. The number of hydrogen-bond donors (Lipinski definition) is 0. The zero-order chi connectivity index (χ0) is 13.0. The lowest BCUT2D eigenvalue weighted by Gasteiger charge is -2.21. The zero-order valence-corrected chi connectivity index (χ0v) is 12.5. The van der Waals surface area contributed by atoms with Gasteiger partial charge in [-0.05, 0) is 24.7 Å². The van der Waals surface area contributed by atoms with E-state index in [1.807, 2.05) is 27.7 Å². The van der Waals surface area contributed by atoms with E-state index in [-0.39, 0.29) is 0 Å². The molecule has 0 heteroatoms. The van der Waals surface area contributed by atoms with Crippen LogP contribution in [0, 0.1) is 11.8 Å². The van der Waals surface area contributed by atoms with Gasteiger partial charge in [-0.1, -0.05) is 78.7 Å². The van der Waals surface area contributed by atoms with Crippen LogP contribution in [-0.2, 0) is 0 Å². The molecule has 0 saturated carbocycles. The zero-order valence-electron chi connectivity index (χ0n) is 12.5. The average Bonchev–Trinajstić information content (AvgIpc) is 2.42. The van der Waals surface area contributed by atoms with E-state index < -0.39 is 0 Å². The van der Waals surface area contributed by atoms with Gasteiger partial charge in [0.05, 0.1) is 0 Å². The molecule has 0 radical (unpaired) electrons. The van der Waals surface area contributed by atoms with Gasteiger partial charge in [-0.25, -0.2) is 0 Å². The molecule has 0 nitrogen and oxygen atoms in total. The van der Waals surface area contributed by atoms with Gasteiger partial charge < -0.3 is 0 Å². The van der Waals surface area contributed by atoms with Crippen molar-refractivity contribution in [2.75, 3.05) is 0 Å². The van der Waals surface area contributed by atoms with Crippen LogP contribution in [0.5, 0.6) is 0 Å². The van der Waals surface area contributed by atoms with Crippen molar-refractivity contribution < 1.29 is 0 Å². The van der Waals surface area contributed by atoms with Crippen LogP contribution in [-0.4, -0.2) is 0 Å². The first kappa shape index (κ1) is 17.9. The van der Waals surface area contributed by atoms with Crippen LogP contribution < -0.4 is 0 Å². The smallest absolute Gasteiger partial charge is 0.0170 e. The number of allylic oxidation sites excluding steroid dienone is 4. The fourth-order valence-electron chi connectivity index (χ4n) is 1.67. The molecule has 1 aliphatic rings. The van der Waals surface area contributed by atoms with Gasteiger partial charge in [0, 0.05) is 0 Å². The van der Waals surface area contributed by atoms with Crippen LogP contribution in [0.1, 0.15) is 67.7 Å². The molecule has 2 unspecified atom stereocenters. The van der Waals surface area contributed by atoms with Gasteiger partial charge in [0.1, 0.15) is 0 Å². The second-order valence-corrected chi connectivity index (χ2v) is 3.78. The molecule has 0 aromatic carbocycles. The van der Waals surface area contributed by atoms with Crippen LogP contribution >= 0.6 is 0 Å². The van der Waals surface area contributed by atoms with Gasteiger partial charge >= 0.3 is 0 Å². The molecule has 1 aliphatic carbocycles. The van der Waals surface area contributed by atoms with Gasteiger partial charge in [0.15, 0.2) is 0 Å². The van der Waals surface area contributed by atoms with Crippen molar-refractivity contribution in [3.8, 4) is 0 Å². The monoisotopic (exact) mass is 224 g/mol. The standard InChI is InChI=1S/C12H20.2C2H6/c1-4-10(3)12-8-6-11(5-2)7-9-12;2*1-2/h6-8,10,12H,4-5,9H2,1-3H3;2*1-2H3. The molecule has 0 saturated heterocycles. The van der Waals surface area contributed by atoms with Gasteiger partial charge in [0.2, 0.25) is 0 Å². The average molecular weight is 224 g/mol. The lowest BCUT2D eigenvalue weighted by atomic mass is 9.85. The molecule has 0 aromatic rings. The highest BCUT2D eigenvalue weighted by Gasteiger charge is 2.13. The van der Waals surface area contributed by atoms with E-state index in [2.05, 4.69) is 39.0 Å². The van der Waals surface area contributed by atoms with Crippen LogP contribution in [0.25, 0.3) is 0 Å². The van der Waals surface area contributed by atoms with E-state index in [4.69, 9.17) is 0 Å². The summed E-state index contributed by atoms with van der Waals surface area (Å²) in [5.41, 5.74) is 1.51. The van der Waals surface area contributed by atoms with Crippen molar-refractivity contribution >= 4 is 0 Å². The summed E-state index contributed by atoms with van der Waals surface area (Å²) in [7, 11) is 0. The van der Waals surface area contributed by atoms with Crippen LogP contribution in [0.4, 0.5) is 0 Å². The van der Waals surface area contributed by atoms with E-state index >= 15 is 0 Å². The van der Waals surface area contributed by atoms with Crippen molar-refractivity contribution in [3.63, 3.8) is 0 Å². The summed E-state index contributed by atoms with van der Waals surface area (Å²) < 4.78 is 0. The van der Waals surface area contributed by atoms with Gasteiger partial charge in [-0.3, -0.25) is 0 Å². The lowest BCUT2D eigenvalue weighted by Crippen LogP contribution is -2.09. The summed E-state index contributed by atoms with van der Waals surface area (Å²) in [5.74, 6) is 1.64. The Morgan fingerprint density at radius 2 is 1.75 bits per heavy atom. The highest BCUT2D eigenvalue weighted by molar-refractivity contribution is 5.23. The minimum Gasteiger partial charge on any atom is -0.0807 e. The molecule has 0 bridgehead atoms. The van der Waals surface area contributed by atoms with Crippen LogP contribution in [0.2, 0.25) is 0 Å². The molecule has 0 fully saturated rings. The van der Waals surface area contributed by atoms with Crippen molar-refractivity contribution in [2.45, 2.75) is 67.7 Å². The number of rotatable bonds is 3. The van der Waals surface area contributed by atoms with Crippen LogP contribution in [0.3, 0.4) is 0 Å². The minimum atomic E-state index is 0.797. The molecule has 1 rings (SSSR count). The minimum absolute atomic E-state index is 0.797. The van der Waals surface area contributed by atoms with Gasteiger partial charge in [-0.2, -0.15) is 0 Å². The largest absolute Gasteiger partial charge is 0.0807 e. The Labute approximate surface area is 104 Å². The van der Waals surface area contributed by atoms with Gasteiger partial charge in [-0.15, -0.1) is 0 Å². The molecular formula is C16H32. The molecule has 0 aromatic heterocycles. The Morgan fingerprint density at radius 3 is 2.06 bits per heavy atom. The maximum Gasteiger partial charge on any atom is -0.0170 e. The van der Waals surface area contributed by atoms with E-state index in [0.717, 1.165) is 11.8 Å². The molecule has 0 amide bonds. The first-order valence-corrected chi connectivity index (χ1v) is 7.15. The maximum atomic E-state index is 2.40. The van der Waals surface area contributed by atoms with Crippen LogP contribution in [0.15, 0.2) is 23.8 Å². The summed E-state index contributed by atoms with van der Waals surface area (Å²) in [6.07, 6.45) is 10.8. The lowest BCUT2D eigenvalue weighted by molar-refractivity contribution is 0.416. The third-order valence-electron chi connectivity index (χ3n) is 2.99. The molecule has 2 atom stereocenters. The first-order chi connectivity index (χ1) is 7.77. The van der Waals surface area contributed by atoms with E-state index in [1.54, 1.807) is 0 Å². The van der Waals surface area contributed by atoms with Crippen molar-refractivity contribution in [2.24, 2.45) is 11.8 Å². The Morgan fingerprint density at radius 1 is 1.19 bits per heavy atom. The third kappa shape index (κ3) is 6.87. The predicted octanol–water partition coefficient (Wildman–Crippen LogP) is 6.00. The highest BCUT2D eigenvalue weighted by atomic mass is 14.2. The Kier molecular flexibility index (Phi) is 14.0. The summed E-state index contributed by atoms with van der Waals surface area (Å²) in [4.78, 5) is 0. The Bertz CT molecular complexity index is 186. The van der Waals surface area contributed by atoms with Crippen molar-refractivity contribution in [1.29, 1.82) is 0 Å². The molecule has 16 heavy (non-hydrogen) atoms. The normalized spacial score (nSPS) is 19.7. The molecule has 0 heterocycles. The summed E-state index contributed by atoms with van der Waals surface area (Å²) in [6, 6.07) is 0. The third-order valence-corrected chi connectivity index (χ3v) is 2.99. The molecule has 96 valence electrons. The Hall–Kier alpha value is -0.520. The first-order valence-electron chi connectivity index (χ1n) is 7.15. The van der Waals surface area contributed by atoms with Crippen molar-refractivity contribution in [3.05, 3.63) is 23.8 Å².